The smallest absolute Gasteiger partial charge is 0.376 e. The summed E-state index contributed by atoms with van der Waals surface area (Å²) in [5.41, 5.74) is -3.43. The van der Waals surface area contributed by atoms with Crippen LogP contribution in [-0.2, 0) is 10.4 Å². The largest absolute Gasteiger partial charge is 0.422 e. The number of nitrogens with zero attached hydrogens (tertiary/aromatic N) is 3. The predicted molar refractivity (Wildman–Crippen MR) is 97.9 cm³/mol. The summed E-state index contributed by atoms with van der Waals surface area (Å²) >= 11 is 3.33. The van der Waals surface area contributed by atoms with Crippen LogP contribution in [0.5, 0.6) is 0 Å². The van der Waals surface area contributed by atoms with Crippen LogP contribution in [0.1, 0.15) is 36.4 Å². The topological polar surface area (TPSA) is 94.1 Å². The highest BCUT2D eigenvalue weighted by atomic mass is 79.9. The number of carbonyl (C=O) groups is 1. The molecule has 7 nitrogen and oxygen atoms in total. The van der Waals surface area contributed by atoms with Crippen LogP contribution in [0.25, 0.3) is 0 Å². The van der Waals surface area contributed by atoms with Crippen molar-refractivity contribution in [2.45, 2.75) is 37.0 Å². The molecule has 2 aliphatic heterocycles. The first kappa shape index (κ1) is 19.2. The molecule has 0 saturated carbocycles. The van der Waals surface area contributed by atoms with Crippen molar-refractivity contribution in [3.8, 4) is 0 Å². The third-order valence-corrected chi connectivity index (χ3v) is 5.74. The lowest BCUT2D eigenvalue weighted by atomic mass is 9.81. The number of fused-ring (bicyclic) bond motifs is 1. The minimum Gasteiger partial charge on any atom is -0.376 e. The minimum absolute atomic E-state index is 0.165. The molecule has 11 heteroatoms. The van der Waals surface area contributed by atoms with Crippen LogP contribution in [0.15, 0.2) is 22.8 Å². The number of halogens is 4. The Balaban J connectivity index is 1.59. The summed E-state index contributed by atoms with van der Waals surface area (Å²) in [6, 6.07) is 3.75. The molecule has 1 atom stereocenters. The van der Waals surface area contributed by atoms with Gasteiger partial charge in [0.1, 0.15) is 11.6 Å². The Hall–Kier alpha value is -2.14. The fraction of sp³-hybridized carbons (Fsp3) is 0.471. The van der Waals surface area contributed by atoms with Gasteiger partial charge >= 0.3 is 6.18 Å². The average molecular weight is 460 g/mol. The molecule has 1 fully saturated rings. The molecule has 1 unspecified atom stereocenters. The molecule has 2 aromatic rings. The zero-order chi connectivity index (χ0) is 20.1. The van der Waals surface area contributed by atoms with Gasteiger partial charge in [0.2, 0.25) is 5.91 Å². The van der Waals surface area contributed by atoms with E-state index in [4.69, 9.17) is 0 Å². The van der Waals surface area contributed by atoms with Crippen LogP contribution in [0.4, 0.5) is 24.8 Å². The van der Waals surface area contributed by atoms with Crippen LogP contribution >= 0.6 is 15.9 Å². The normalized spacial score (nSPS) is 23.5. The van der Waals surface area contributed by atoms with E-state index in [2.05, 4.69) is 41.3 Å². The van der Waals surface area contributed by atoms with Gasteiger partial charge in [-0.2, -0.15) is 18.3 Å². The Bertz CT molecular complexity index is 893. The molecule has 28 heavy (non-hydrogen) atoms. The number of alkyl halides is 3. The van der Waals surface area contributed by atoms with Gasteiger partial charge < -0.3 is 15.3 Å². The van der Waals surface area contributed by atoms with Crippen molar-refractivity contribution in [1.82, 2.24) is 15.2 Å². The minimum atomic E-state index is -4.99. The maximum Gasteiger partial charge on any atom is 0.422 e. The van der Waals surface area contributed by atoms with E-state index in [-0.39, 0.29) is 23.0 Å². The highest BCUT2D eigenvalue weighted by molar-refractivity contribution is 9.10. The highest BCUT2D eigenvalue weighted by Gasteiger charge is 2.61. The fourth-order valence-electron chi connectivity index (χ4n) is 3.84. The molecule has 150 valence electrons. The van der Waals surface area contributed by atoms with Gasteiger partial charge in [-0.1, -0.05) is 0 Å². The average Bonchev–Trinajstić information content (AvgIpc) is 3.06. The Morgan fingerprint density at radius 1 is 1.29 bits per heavy atom. The van der Waals surface area contributed by atoms with Gasteiger partial charge in [0.25, 0.3) is 0 Å². The van der Waals surface area contributed by atoms with Crippen molar-refractivity contribution in [1.29, 1.82) is 0 Å². The van der Waals surface area contributed by atoms with Crippen LogP contribution in [0.3, 0.4) is 0 Å². The molecular weight excluding hydrogens is 443 g/mol. The van der Waals surface area contributed by atoms with E-state index in [9.17, 15) is 23.1 Å². The number of hydrogen-bond donors (Lipinski definition) is 3. The standard InChI is InChI=1S/C17H17BrF3N5O2/c18-10-1-2-11(22-8-10)26-5-3-9(4-6-26)14-13-15(25-24-14)23-12(27)7-16(13,28)17(19,20)21/h1-2,8-9,28H,3-7H2,(H2,23,24,25,27). The Kier molecular flexibility index (Phi) is 4.61. The molecule has 4 heterocycles. The zero-order valence-corrected chi connectivity index (χ0v) is 16.1. The molecule has 4 rings (SSSR count). The van der Waals surface area contributed by atoms with Crippen molar-refractivity contribution in [2.24, 2.45) is 0 Å². The summed E-state index contributed by atoms with van der Waals surface area (Å²) in [5, 5.41) is 19.3. The predicted octanol–water partition coefficient (Wildman–Crippen LogP) is 3.04. The molecule has 2 aromatic heterocycles. The summed E-state index contributed by atoms with van der Waals surface area (Å²) < 4.78 is 41.7. The number of hydrogen-bond acceptors (Lipinski definition) is 5. The van der Waals surface area contributed by atoms with Gasteiger partial charge in [-0.3, -0.25) is 9.89 Å². The van der Waals surface area contributed by atoms with E-state index in [0.29, 0.717) is 25.9 Å². The van der Waals surface area contributed by atoms with Gasteiger partial charge in [-0.25, -0.2) is 4.98 Å². The third kappa shape index (κ3) is 3.16. The molecule has 0 aromatic carbocycles. The summed E-state index contributed by atoms with van der Waals surface area (Å²) in [6.45, 7) is 1.19. The summed E-state index contributed by atoms with van der Waals surface area (Å²) in [6.07, 6.45) is -3.26. The van der Waals surface area contributed by atoms with Gasteiger partial charge in [0.05, 0.1) is 17.7 Å². The number of amides is 1. The second kappa shape index (κ2) is 6.73. The Labute approximate surface area is 166 Å². The van der Waals surface area contributed by atoms with Crippen LogP contribution in [0.2, 0.25) is 0 Å². The Morgan fingerprint density at radius 3 is 2.61 bits per heavy atom. The van der Waals surface area contributed by atoms with E-state index < -0.39 is 24.1 Å². The first-order valence-corrected chi connectivity index (χ1v) is 9.52. The van der Waals surface area contributed by atoms with Crippen molar-refractivity contribution in [3.05, 3.63) is 34.1 Å². The molecule has 0 bridgehead atoms. The molecule has 2 aliphatic rings. The maximum atomic E-state index is 13.6. The zero-order valence-electron chi connectivity index (χ0n) is 14.6. The van der Waals surface area contributed by atoms with E-state index >= 15 is 0 Å². The lowest BCUT2D eigenvalue weighted by Crippen LogP contribution is -2.48. The van der Waals surface area contributed by atoms with Crippen LogP contribution in [0, 0.1) is 0 Å². The molecule has 1 amide bonds. The van der Waals surface area contributed by atoms with Crippen molar-refractivity contribution in [3.63, 3.8) is 0 Å². The molecule has 0 radical (unpaired) electrons. The number of carbonyl (C=O) groups excluding carboxylic acids is 1. The first-order valence-electron chi connectivity index (χ1n) is 8.73. The van der Waals surface area contributed by atoms with E-state index in [1.807, 2.05) is 12.1 Å². The van der Waals surface area contributed by atoms with E-state index in [1.54, 1.807) is 6.20 Å². The number of aliphatic hydroxyl groups is 1. The highest BCUT2D eigenvalue weighted by Crippen LogP contribution is 2.49. The number of aromatic amines is 1. The monoisotopic (exact) mass is 459 g/mol. The first-order chi connectivity index (χ1) is 13.2. The second-order valence-corrected chi connectivity index (χ2v) is 7.95. The van der Waals surface area contributed by atoms with Gasteiger partial charge in [-0.05, 0) is 40.9 Å². The summed E-state index contributed by atoms with van der Waals surface area (Å²) in [7, 11) is 0. The molecule has 1 saturated heterocycles. The van der Waals surface area contributed by atoms with Crippen molar-refractivity contribution in [2.75, 3.05) is 23.3 Å². The number of anilines is 2. The van der Waals surface area contributed by atoms with Crippen LogP contribution < -0.4 is 10.2 Å². The van der Waals surface area contributed by atoms with Gasteiger partial charge in [0.15, 0.2) is 5.60 Å². The van der Waals surface area contributed by atoms with E-state index in [0.717, 1.165) is 10.3 Å². The van der Waals surface area contributed by atoms with Gasteiger partial charge in [-0.15, -0.1) is 0 Å². The molecule has 3 N–H and O–H groups in total. The van der Waals surface area contributed by atoms with Crippen molar-refractivity contribution >= 4 is 33.5 Å². The van der Waals surface area contributed by atoms with Crippen molar-refractivity contribution < 1.29 is 23.1 Å². The molecular formula is C17H17BrF3N5O2. The fourth-order valence-corrected chi connectivity index (χ4v) is 4.08. The van der Waals surface area contributed by atoms with Crippen LogP contribution in [-0.4, -0.2) is 45.5 Å². The molecule has 0 aliphatic carbocycles. The lowest BCUT2D eigenvalue weighted by Gasteiger charge is -2.36. The molecule has 0 spiro atoms. The summed E-state index contributed by atoms with van der Waals surface area (Å²) in [5.74, 6) is -0.554. The number of rotatable bonds is 2. The van der Waals surface area contributed by atoms with E-state index in [1.165, 1.54) is 0 Å². The SMILES string of the molecule is O=C1CC(O)(C(F)(F)F)c2c(C3CCN(c4ccc(Br)cn4)CC3)n[nH]c2N1. The third-order valence-electron chi connectivity index (χ3n) is 5.28. The summed E-state index contributed by atoms with van der Waals surface area (Å²) in [4.78, 5) is 18.1. The quantitative estimate of drug-likeness (QED) is 0.641. The lowest BCUT2D eigenvalue weighted by molar-refractivity contribution is -0.267. The second-order valence-electron chi connectivity index (χ2n) is 7.04. The maximum absolute atomic E-state index is 13.6. The number of aromatic nitrogens is 3. The number of nitrogens with one attached hydrogen (secondary N) is 2. The Morgan fingerprint density at radius 2 is 2.00 bits per heavy atom. The number of H-pyrrole nitrogens is 1. The number of pyridine rings is 1. The van der Waals surface area contributed by atoms with Gasteiger partial charge in [0, 0.05) is 29.7 Å². The number of piperidine rings is 1.